The minimum Gasteiger partial charge on any atom is -0.310 e. The predicted molar refractivity (Wildman–Crippen MR) is 65.5 cm³/mol. The van der Waals surface area contributed by atoms with Gasteiger partial charge in [0.15, 0.2) is 0 Å². The lowest BCUT2D eigenvalue weighted by Crippen LogP contribution is -2.28. The zero-order chi connectivity index (χ0) is 12.0. The van der Waals surface area contributed by atoms with Crippen LogP contribution in [0.1, 0.15) is 24.6 Å². The summed E-state index contributed by atoms with van der Waals surface area (Å²) in [7, 11) is 0. The van der Waals surface area contributed by atoms with Gasteiger partial charge in [0.1, 0.15) is 5.82 Å². The van der Waals surface area contributed by atoms with Gasteiger partial charge in [0, 0.05) is 5.69 Å². The number of hydrogen-bond donors (Lipinski definition) is 2. The monoisotopic (exact) mass is 221 g/mol. The van der Waals surface area contributed by atoms with E-state index in [1.807, 2.05) is 26.0 Å². The van der Waals surface area contributed by atoms with Crippen molar-refractivity contribution in [2.75, 3.05) is 18.4 Å². The lowest BCUT2D eigenvalue weighted by molar-refractivity contribution is -0.115. The van der Waals surface area contributed by atoms with Gasteiger partial charge in [-0.3, -0.25) is 4.79 Å². The number of pyridine rings is 1. The molecule has 0 atom stereocenters. The van der Waals surface area contributed by atoms with E-state index in [-0.39, 0.29) is 5.91 Å². The minimum atomic E-state index is -0.0500. The zero-order valence-corrected chi connectivity index (χ0v) is 10.1. The van der Waals surface area contributed by atoms with E-state index in [9.17, 15) is 4.79 Å². The second-order valence-corrected chi connectivity index (χ2v) is 3.90. The molecule has 0 radical (unpaired) electrons. The Hall–Kier alpha value is -1.42. The molecular formula is C12H19N3O. The van der Waals surface area contributed by atoms with Gasteiger partial charge in [0.2, 0.25) is 5.91 Å². The van der Waals surface area contributed by atoms with Gasteiger partial charge in [0.05, 0.1) is 6.54 Å². The number of aryl methyl sites for hydroxylation is 2. The third-order valence-electron chi connectivity index (χ3n) is 2.08. The number of nitrogens with zero attached hydrogens (tertiary/aromatic N) is 1. The first-order valence-corrected chi connectivity index (χ1v) is 5.57. The summed E-state index contributed by atoms with van der Waals surface area (Å²) in [5, 5.41) is 5.81. The Morgan fingerprint density at radius 3 is 2.75 bits per heavy atom. The van der Waals surface area contributed by atoms with Crippen LogP contribution in [0.4, 0.5) is 5.82 Å². The van der Waals surface area contributed by atoms with Crippen molar-refractivity contribution in [3.8, 4) is 0 Å². The van der Waals surface area contributed by atoms with Crippen molar-refractivity contribution in [3.05, 3.63) is 23.4 Å². The molecule has 16 heavy (non-hydrogen) atoms. The molecule has 0 fully saturated rings. The number of amides is 1. The van der Waals surface area contributed by atoms with Crippen molar-refractivity contribution in [1.82, 2.24) is 10.3 Å². The van der Waals surface area contributed by atoms with Gasteiger partial charge < -0.3 is 10.6 Å². The van der Waals surface area contributed by atoms with E-state index in [2.05, 4.69) is 22.5 Å². The van der Waals surface area contributed by atoms with E-state index in [0.717, 1.165) is 24.2 Å². The molecule has 1 aromatic heterocycles. The Morgan fingerprint density at radius 1 is 1.38 bits per heavy atom. The van der Waals surface area contributed by atoms with Crippen molar-refractivity contribution in [1.29, 1.82) is 0 Å². The largest absolute Gasteiger partial charge is 0.310 e. The molecule has 0 aromatic carbocycles. The second-order valence-electron chi connectivity index (χ2n) is 3.90. The fourth-order valence-corrected chi connectivity index (χ4v) is 1.47. The molecule has 1 heterocycles. The molecule has 0 saturated carbocycles. The maximum Gasteiger partial charge on any atom is 0.239 e. The average Bonchev–Trinajstić information content (AvgIpc) is 2.16. The number of hydrogen-bond acceptors (Lipinski definition) is 3. The molecule has 0 aliphatic heterocycles. The molecular weight excluding hydrogens is 202 g/mol. The fraction of sp³-hybridized carbons (Fsp3) is 0.500. The van der Waals surface area contributed by atoms with Gasteiger partial charge in [-0.2, -0.15) is 0 Å². The van der Waals surface area contributed by atoms with Crippen molar-refractivity contribution in [3.63, 3.8) is 0 Å². The number of carbonyl (C=O) groups is 1. The Kier molecular flexibility index (Phi) is 4.92. The van der Waals surface area contributed by atoms with Crippen LogP contribution in [0, 0.1) is 13.8 Å². The van der Waals surface area contributed by atoms with Crippen molar-refractivity contribution < 1.29 is 4.79 Å². The van der Waals surface area contributed by atoms with Gasteiger partial charge in [0.25, 0.3) is 0 Å². The summed E-state index contributed by atoms with van der Waals surface area (Å²) in [5.74, 6) is 0.576. The Labute approximate surface area is 96.5 Å². The number of anilines is 1. The van der Waals surface area contributed by atoms with Gasteiger partial charge in [-0.25, -0.2) is 4.98 Å². The van der Waals surface area contributed by atoms with Crippen molar-refractivity contribution in [2.24, 2.45) is 0 Å². The summed E-state index contributed by atoms with van der Waals surface area (Å²) in [4.78, 5) is 15.7. The molecule has 0 saturated heterocycles. The zero-order valence-electron chi connectivity index (χ0n) is 10.1. The van der Waals surface area contributed by atoms with Crippen molar-refractivity contribution >= 4 is 11.7 Å². The molecule has 1 rings (SSSR count). The second kappa shape index (κ2) is 6.23. The van der Waals surface area contributed by atoms with E-state index in [1.54, 1.807) is 0 Å². The van der Waals surface area contributed by atoms with Crippen LogP contribution in [0.2, 0.25) is 0 Å². The summed E-state index contributed by atoms with van der Waals surface area (Å²) in [5.41, 5.74) is 2.01. The van der Waals surface area contributed by atoms with Gasteiger partial charge in [-0.05, 0) is 44.5 Å². The number of rotatable bonds is 5. The molecule has 0 aliphatic carbocycles. The predicted octanol–water partition coefficient (Wildman–Crippen LogP) is 1.64. The molecule has 88 valence electrons. The quantitative estimate of drug-likeness (QED) is 0.743. The normalized spacial score (nSPS) is 10.2. The average molecular weight is 221 g/mol. The summed E-state index contributed by atoms with van der Waals surface area (Å²) >= 11 is 0. The van der Waals surface area contributed by atoms with Crippen LogP contribution in [-0.2, 0) is 4.79 Å². The number of aromatic nitrogens is 1. The first kappa shape index (κ1) is 12.6. The van der Waals surface area contributed by atoms with E-state index in [1.165, 1.54) is 0 Å². The highest BCUT2D eigenvalue weighted by Gasteiger charge is 2.03. The van der Waals surface area contributed by atoms with E-state index >= 15 is 0 Å². The first-order chi connectivity index (χ1) is 7.61. The minimum absolute atomic E-state index is 0.0500. The number of carbonyl (C=O) groups excluding carboxylic acids is 1. The molecule has 1 amide bonds. The van der Waals surface area contributed by atoms with E-state index in [4.69, 9.17) is 0 Å². The van der Waals surface area contributed by atoms with Crippen LogP contribution in [0.3, 0.4) is 0 Å². The molecule has 0 spiro atoms. The third-order valence-corrected chi connectivity index (χ3v) is 2.08. The number of nitrogens with one attached hydrogen (secondary N) is 2. The molecule has 4 nitrogen and oxygen atoms in total. The summed E-state index contributed by atoms with van der Waals surface area (Å²) in [6.45, 7) is 7.16. The molecule has 0 bridgehead atoms. The lowest BCUT2D eigenvalue weighted by Gasteiger charge is -2.07. The Bertz CT molecular complexity index is 343. The summed E-state index contributed by atoms with van der Waals surface area (Å²) in [6.07, 6.45) is 1.02. The van der Waals surface area contributed by atoms with Gasteiger partial charge in [-0.1, -0.05) is 6.92 Å². The van der Waals surface area contributed by atoms with Crippen molar-refractivity contribution in [2.45, 2.75) is 27.2 Å². The summed E-state index contributed by atoms with van der Waals surface area (Å²) < 4.78 is 0. The topological polar surface area (TPSA) is 54.0 Å². The van der Waals surface area contributed by atoms with E-state index in [0.29, 0.717) is 12.4 Å². The Balaban J connectivity index is 2.49. The third kappa shape index (κ3) is 4.40. The lowest BCUT2D eigenvalue weighted by atomic mass is 10.2. The first-order valence-electron chi connectivity index (χ1n) is 5.57. The SMILES string of the molecule is CCCNCC(=O)Nc1cc(C)cc(C)n1. The molecule has 0 unspecified atom stereocenters. The highest BCUT2D eigenvalue weighted by molar-refractivity contribution is 5.91. The van der Waals surface area contributed by atoms with Crippen LogP contribution >= 0.6 is 0 Å². The molecule has 4 heteroatoms. The fourth-order valence-electron chi connectivity index (χ4n) is 1.47. The van der Waals surface area contributed by atoms with Crippen LogP contribution in [0.25, 0.3) is 0 Å². The smallest absolute Gasteiger partial charge is 0.239 e. The molecule has 0 aliphatic rings. The van der Waals surface area contributed by atoms with Gasteiger partial charge >= 0.3 is 0 Å². The Morgan fingerprint density at radius 2 is 2.12 bits per heavy atom. The molecule has 1 aromatic rings. The highest BCUT2D eigenvalue weighted by Crippen LogP contribution is 2.08. The van der Waals surface area contributed by atoms with Crippen LogP contribution in [0.5, 0.6) is 0 Å². The standard InChI is InChI=1S/C12H19N3O/c1-4-5-13-8-12(16)15-11-7-9(2)6-10(3)14-11/h6-7,13H,4-5,8H2,1-3H3,(H,14,15,16). The highest BCUT2D eigenvalue weighted by atomic mass is 16.1. The molecule has 2 N–H and O–H groups in total. The van der Waals surface area contributed by atoms with E-state index < -0.39 is 0 Å². The summed E-state index contributed by atoms with van der Waals surface area (Å²) in [6, 6.07) is 3.84. The maximum absolute atomic E-state index is 11.5. The van der Waals surface area contributed by atoms with Crippen LogP contribution in [0.15, 0.2) is 12.1 Å². The maximum atomic E-state index is 11.5. The van der Waals surface area contributed by atoms with Crippen LogP contribution < -0.4 is 10.6 Å². The van der Waals surface area contributed by atoms with Crippen LogP contribution in [-0.4, -0.2) is 24.0 Å². The van der Waals surface area contributed by atoms with Gasteiger partial charge in [-0.15, -0.1) is 0 Å².